The van der Waals surface area contributed by atoms with E-state index in [0.717, 1.165) is 31.6 Å². The number of hydrogen-bond acceptors (Lipinski definition) is 3. The summed E-state index contributed by atoms with van der Waals surface area (Å²) < 4.78 is 2.04. The third-order valence-corrected chi connectivity index (χ3v) is 3.05. The van der Waals surface area contributed by atoms with Gasteiger partial charge in [0.1, 0.15) is 0 Å². The fraction of sp³-hybridized carbons (Fsp3) is 0.636. The predicted molar refractivity (Wildman–Crippen MR) is 57.3 cm³/mol. The topological polar surface area (TPSA) is 44.9 Å². The lowest BCUT2D eigenvalue weighted by molar-refractivity contribution is 0.210. The highest BCUT2D eigenvalue weighted by atomic mass is 15.3. The van der Waals surface area contributed by atoms with Crippen molar-refractivity contribution in [3.63, 3.8) is 0 Å². The van der Waals surface area contributed by atoms with E-state index >= 15 is 0 Å². The number of nitriles is 1. The molecule has 4 heteroatoms. The van der Waals surface area contributed by atoms with Crippen LogP contribution in [0.25, 0.3) is 0 Å². The van der Waals surface area contributed by atoms with Gasteiger partial charge in [0.25, 0.3) is 0 Å². The third kappa shape index (κ3) is 2.18. The molecule has 2 heterocycles. The van der Waals surface area contributed by atoms with Crippen molar-refractivity contribution in [3.05, 3.63) is 18.0 Å². The molecule has 15 heavy (non-hydrogen) atoms. The summed E-state index contributed by atoms with van der Waals surface area (Å²) in [4.78, 5) is 2.34. The van der Waals surface area contributed by atoms with E-state index in [2.05, 4.69) is 23.1 Å². The average Bonchev–Trinajstić information content (AvgIpc) is 2.68. The maximum absolute atomic E-state index is 8.70. The molecular weight excluding hydrogens is 188 g/mol. The molecule has 0 bridgehead atoms. The molecule has 1 aliphatic rings. The molecule has 0 aromatic carbocycles. The Morgan fingerprint density at radius 3 is 2.93 bits per heavy atom. The van der Waals surface area contributed by atoms with E-state index in [1.54, 1.807) is 6.20 Å². The van der Waals surface area contributed by atoms with Crippen LogP contribution in [0, 0.1) is 11.3 Å². The van der Waals surface area contributed by atoms with Crippen LogP contribution in [0.15, 0.2) is 12.3 Å². The third-order valence-electron chi connectivity index (χ3n) is 3.05. The van der Waals surface area contributed by atoms with Crippen molar-refractivity contribution < 1.29 is 0 Å². The van der Waals surface area contributed by atoms with E-state index in [1.807, 2.05) is 10.7 Å². The van der Waals surface area contributed by atoms with E-state index in [4.69, 9.17) is 5.26 Å². The standard InChI is InChI=1S/C11H16N4/c1-14-8-4-11(5-9-14)15-10(2-6-12)3-7-13-15/h3,7,11H,2,4-5,8-9H2,1H3. The second-order valence-electron chi connectivity index (χ2n) is 4.14. The molecule has 1 fully saturated rings. The second kappa shape index (κ2) is 4.45. The van der Waals surface area contributed by atoms with Crippen LogP contribution in [-0.4, -0.2) is 34.8 Å². The molecule has 1 aromatic rings. The first kappa shape index (κ1) is 10.2. The van der Waals surface area contributed by atoms with Crippen LogP contribution < -0.4 is 0 Å². The van der Waals surface area contributed by atoms with E-state index < -0.39 is 0 Å². The number of piperidine rings is 1. The van der Waals surface area contributed by atoms with E-state index in [9.17, 15) is 0 Å². The van der Waals surface area contributed by atoms with Crippen LogP contribution in [0.2, 0.25) is 0 Å². The molecule has 4 nitrogen and oxygen atoms in total. The summed E-state index contributed by atoms with van der Waals surface area (Å²) in [5.74, 6) is 0. The first-order chi connectivity index (χ1) is 7.31. The highest BCUT2D eigenvalue weighted by molar-refractivity contribution is 5.07. The van der Waals surface area contributed by atoms with Crippen LogP contribution in [0.5, 0.6) is 0 Å². The van der Waals surface area contributed by atoms with Crippen LogP contribution in [0.1, 0.15) is 24.6 Å². The van der Waals surface area contributed by atoms with Gasteiger partial charge in [0, 0.05) is 6.20 Å². The SMILES string of the molecule is CN1CCC(n2nccc2CC#N)CC1. The van der Waals surface area contributed by atoms with Gasteiger partial charge < -0.3 is 4.90 Å². The van der Waals surface area contributed by atoms with Crippen LogP contribution >= 0.6 is 0 Å². The normalized spacial score (nSPS) is 18.9. The Morgan fingerprint density at radius 1 is 1.53 bits per heavy atom. The molecule has 1 aromatic heterocycles. The summed E-state index contributed by atoms with van der Waals surface area (Å²) in [6, 6.07) is 4.62. The summed E-state index contributed by atoms with van der Waals surface area (Å²) in [6.45, 7) is 2.24. The number of nitrogens with zero attached hydrogens (tertiary/aromatic N) is 4. The highest BCUT2D eigenvalue weighted by Gasteiger charge is 2.20. The molecule has 1 aliphatic heterocycles. The Kier molecular flexibility index (Phi) is 3.02. The first-order valence-electron chi connectivity index (χ1n) is 5.39. The summed E-state index contributed by atoms with van der Waals surface area (Å²) in [6.07, 6.45) is 4.53. The fourth-order valence-electron chi connectivity index (χ4n) is 2.13. The van der Waals surface area contributed by atoms with Gasteiger partial charge >= 0.3 is 0 Å². The summed E-state index contributed by atoms with van der Waals surface area (Å²) in [7, 11) is 2.15. The minimum Gasteiger partial charge on any atom is -0.306 e. The molecule has 80 valence electrons. The van der Waals surface area contributed by atoms with E-state index in [0.29, 0.717) is 12.5 Å². The van der Waals surface area contributed by atoms with Crippen LogP contribution in [0.3, 0.4) is 0 Å². The molecule has 0 aliphatic carbocycles. The van der Waals surface area contributed by atoms with Crippen molar-refractivity contribution in [2.24, 2.45) is 0 Å². The van der Waals surface area contributed by atoms with E-state index in [1.165, 1.54) is 0 Å². The van der Waals surface area contributed by atoms with Crippen molar-refractivity contribution in [3.8, 4) is 6.07 Å². The Morgan fingerprint density at radius 2 is 2.27 bits per heavy atom. The van der Waals surface area contributed by atoms with Crippen molar-refractivity contribution >= 4 is 0 Å². The predicted octanol–water partition coefficient (Wildman–Crippen LogP) is 1.22. The summed E-state index contributed by atoms with van der Waals surface area (Å²) >= 11 is 0. The van der Waals surface area contributed by atoms with Gasteiger partial charge in [0.05, 0.1) is 24.2 Å². The Hall–Kier alpha value is -1.34. The minimum atomic E-state index is 0.465. The Bertz CT molecular complexity index is 355. The van der Waals surface area contributed by atoms with Crippen molar-refractivity contribution in [1.82, 2.24) is 14.7 Å². The smallest absolute Gasteiger partial charge is 0.0771 e. The van der Waals surface area contributed by atoms with Crippen LogP contribution in [0.4, 0.5) is 0 Å². The average molecular weight is 204 g/mol. The summed E-state index contributed by atoms with van der Waals surface area (Å²) in [5.41, 5.74) is 1.05. The molecule has 0 N–H and O–H groups in total. The van der Waals surface area contributed by atoms with Crippen molar-refractivity contribution in [2.75, 3.05) is 20.1 Å². The minimum absolute atomic E-state index is 0.465. The van der Waals surface area contributed by atoms with Gasteiger partial charge in [-0.25, -0.2) is 0 Å². The number of aromatic nitrogens is 2. The maximum Gasteiger partial charge on any atom is 0.0771 e. The first-order valence-corrected chi connectivity index (χ1v) is 5.39. The zero-order valence-electron chi connectivity index (χ0n) is 9.06. The number of likely N-dealkylation sites (tertiary alicyclic amines) is 1. The largest absolute Gasteiger partial charge is 0.306 e. The van der Waals surface area contributed by atoms with Gasteiger partial charge in [-0.1, -0.05) is 0 Å². The Labute approximate surface area is 90.1 Å². The van der Waals surface area contributed by atoms with Crippen LogP contribution in [-0.2, 0) is 6.42 Å². The van der Waals surface area contributed by atoms with Gasteiger partial charge in [-0.2, -0.15) is 10.4 Å². The van der Waals surface area contributed by atoms with Gasteiger partial charge in [0.2, 0.25) is 0 Å². The van der Waals surface area contributed by atoms with Crippen molar-refractivity contribution in [1.29, 1.82) is 5.26 Å². The van der Waals surface area contributed by atoms with Gasteiger partial charge in [-0.05, 0) is 39.0 Å². The van der Waals surface area contributed by atoms with E-state index in [-0.39, 0.29) is 0 Å². The fourth-order valence-corrected chi connectivity index (χ4v) is 2.13. The van der Waals surface area contributed by atoms with Gasteiger partial charge in [0.15, 0.2) is 0 Å². The molecule has 0 spiro atoms. The molecule has 0 atom stereocenters. The molecule has 0 amide bonds. The number of rotatable bonds is 2. The molecule has 0 unspecified atom stereocenters. The lowest BCUT2D eigenvalue weighted by atomic mass is 10.1. The van der Waals surface area contributed by atoms with Gasteiger partial charge in [-0.3, -0.25) is 4.68 Å². The highest BCUT2D eigenvalue weighted by Crippen LogP contribution is 2.22. The zero-order chi connectivity index (χ0) is 10.7. The lowest BCUT2D eigenvalue weighted by Gasteiger charge is -2.29. The zero-order valence-corrected chi connectivity index (χ0v) is 9.06. The molecule has 0 saturated carbocycles. The Balaban J connectivity index is 2.09. The monoisotopic (exact) mass is 204 g/mol. The molecular formula is C11H16N4. The van der Waals surface area contributed by atoms with Gasteiger partial charge in [-0.15, -0.1) is 0 Å². The summed E-state index contributed by atoms with van der Waals surface area (Å²) in [5, 5.41) is 13.0. The molecule has 2 rings (SSSR count). The quantitative estimate of drug-likeness (QED) is 0.727. The second-order valence-corrected chi connectivity index (χ2v) is 4.14. The number of hydrogen-bond donors (Lipinski definition) is 0. The lowest BCUT2D eigenvalue weighted by Crippen LogP contribution is -2.32. The maximum atomic E-state index is 8.70. The molecule has 1 saturated heterocycles. The van der Waals surface area contributed by atoms with Crippen molar-refractivity contribution in [2.45, 2.75) is 25.3 Å². The molecule has 0 radical (unpaired) electrons.